The molecule has 3 rings (SSSR count). The van der Waals surface area contributed by atoms with Gasteiger partial charge in [-0.25, -0.2) is 0 Å². The molecule has 1 aromatic carbocycles. The summed E-state index contributed by atoms with van der Waals surface area (Å²) >= 11 is 0. The highest BCUT2D eigenvalue weighted by Gasteiger charge is 2.40. The van der Waals surface area contributed by atoms with Crippen LogP contribution in [-0.2, 0) is 20.9 Å². The molecular formula is C22H30N2O3. The fraction of sp³-hybridized carbons (Fsp3) is 0.545. The SMILES string of the molecule is CCOCCCNC(=O)CC1=C2CCCCC2N(Cc2ccccc2)C1=O. The van der Waals surface area contributed by atoms with Crippen LogP contribution in [0.2, 0.25) is 0 Å². The molecule has 5 heteroatoms. The fourth-order valence-corrected chi connectivity index (χ4v) is 4.06. The van der Waals surface area contributed by atoms with Gasteiger partial charge in [-0.2, -0.15) is 0 Å². The molecule has 27 heavy (non-hydrogen) atoms. The van der Waals surface area contributed by atoms with Gasteiger partial charge in [0.25, 0.3) is 5.91 Å². The molecule has 1 aromatic rings. The van der Waals surface area contributed by atoms with E-state index in [1.165, 1.54) is 5.57 Å². The van der Waals surface area contributed by atoms with Crippen LogP contribution in [0.1, 0.15) is 51.0 Å². The zero-order chi connectivity index (χ0) is 19.1. The van der Waals surface area contributed by atoms with E-state index in [0.717, 1.165) is 43.2 Å². The number of carbonyl (C=O) groups excluding carboxylic acids is 2. The second-order valence-corrected chi connectivity index (χ2v) is 7.26. The molecule has 0 spiro atoms. The first-order valence-electron chi connectivity index (χ1n) is 10.1. The van der Waals surface area contributed by atoms with Gasteiger partial charge in [0.1, 0.15) is 0 Å². The summed E-state index contributed by atoms with van der Waals surface area (Å²) in [4.78, 5) is 27.4. The molecule has 1 aliphatic carbocycles. The Morgan fingerprint density at radius 1 is 1.26 bits per heavy atom. The predicted octanol–water partition coefficient (Wildman–Crippen LogP) is 3.20. The van der Waals surface area contributed by atoms with Crippen molar-refractivity contribution in [3.05, 3.63) is 47.0 Å². The monoisotopic (exact) mass is 370 g/mol. The third kappa shape index (κ3) is 4.98. The maximum Gasteiger partial charge on any atom is 0.251 e. The van der Waals surface area contributed by atoms with Crippen LogP contribution in [0.5, 0.6) is 0 Å². The summed E-state index contributed by atoms with van der Waals surface area (Å²) in [5, 5.41) is 2.93. The summed E-state index contributed by atoms with van der Waals surface area (Å²) in [7, 11) is 0. The predicted molar refractivity (Wildman–Crippen MR) is 105 cm³/mol. The van der Waals surface area contributed by atoms with Crippen molar-refractivity contribution in [2.75, 3.05) is 19.8 Å². The number of carbonyl (C=O) groups is 2. The molecule has 1 aliphatic heterocycles. The Hall–Kier alpha value is -2.14. The minimum absolute atomic E-state index is 0.0465. The largest absolute Gasteiger partial charge is 0.382 e. The average molecular weight is 370 g/mol. The average Bonchev–Trinajstić information content (AvgIpc) is 2.95. The zero-order valence-corrected chi connectivity index (χ0v) is 16.2. The Balaban J connectivity index is 1.63. The van der Waals surface area contributed by atoms with E-state index in [9.17, 15) is 9.59 Å². The van der Waals surface area contributed by atoms with E-state index in [1.807, 2.05) is 30.0 Å². The molecule has 1 saturated carbocycles. The number of hydrogen-bond donors (Lipinski definition) is 1. The summed E-state index contributed by atoms with van der Waals surface area (Å²) < 4.78 is 5.29. The normalized spacial score (nSPS) is 19.4. The molecule has 2 aliphatic rings. The first-order chi connectivity index (χ1) is 13.2. The lowest BCUT2D eigenvalue weighted by atomic mass is 9.88. The minimum atomic E-state index is -0.0618. The van der Waals surface area contributed by atoms with Crippen molar-refractivity contribution < 1.29 is 14.3 Å². The number of fused-ring (bicyclic) bond motifs is 1. The maximum atomic E-state index is 13.1. The summed E-state index contributed by atoms with van der Waals surface area (Å²) in [5.74, 6) is -0.0153. The van der Waals surface area contributed by atoms with Crippen molar-refractivity contribution in [1.82, 2.24) is 10.2 Å². The van der Waals surface area contributed by atoms with Gasteiger partial charge in [-0.3, -0.25) is 9.59 Å². The molecule has 146 valence electrons. The first kappa shape index (κ1) is 19.6. The number of nitrogens with one attached hydrogen (secondary N) is 1. The Labute approximate surface area is 161 Å². The van der Waals surface area contributed by atoms with E-state index in [2.05, 4.69) is 17.4 Å². The molecule has 5 nitrogen and oxygen atoms in total. The summed E-state index contributed by atoms with van der Waals surface area (Å²) in [6, 6.07) is 10.3. The number of hydrogen-bond acceptors (Lipinski definition) is 3. The molecule has 1 fully saturated rings. The van der Waals surface area contributed by atoms with Gasteiger partial charge >= 0.3 is 0 Å². The number of ether oxygens (including phenoxy) is 1. The van der Waals surface area contributed by atoms with Crippen molar-refractivity contribution in [2.45, 2.75) is 58.0 Å². The molecule has 1 heterocycles. The van der Waals surface area contributed by atoms with Gasteiger partial charge in [0, 0.05) is 31.9 Å². The second-order valence-electron chi connectivity index (χ2n) is 7.26. The summed E-state index contributed by atoms with van der Waals surface area (Å²) in [6.07, 6.45) is 5.19. The van der Waals surface area contributed by atoms with Crippen molar-refractivity contribution in [3.8, 4) is 0 Å². The topological polar surface area (TPSA) is 58.6 Å². The van der Waals surface area contributed by atoms with Gasteiger partial charge in [-0.05, 0) is 43.7 Å². The fourth-order valence-electron chi connectivity index (χ4n) is 4.06. The van der Waals surface area contributed by atoms with Gasteiger partial charge in [-0.1, -0.05) is 36.8 Å². The molecule has 2 amide bonds. The molecular weight excluding hydrogens is 340 g/mol. The quantitative estimate of drug-likeness (QED) is 0.679. The van der Waals surface area contributed by atoms with E-state index in [0.29, 0.717) is 26.3 Å². The zero-order valence-electron chi connectivity index (χ0n) is 16.2. The molecule has 1 N–H and O–H groups in total. The highest BCUT2D eigenvalue weighted by atomic mass is 16.5. The third-order valence-electron chi connectivity index (χ3n) is 5.38. The van der Waals surface area contributed by atoms with Crippen LogP contribution in [-0.4, -0.2) is 42.5 Å². The van der Waals surface area contributed by atoms with Crippen molar-refractivity contribution in [3.63, 3.8) is 0 Å². The lowest BCUT2D eigenvalue weighted by Gasteiger charge is -2.30. The third-order valence-corrected chi connectivity index (χ3v) is 5.38. The number of rotatable bonds is 9. The van der Waals surface area contributed by atoms with Gasteiger partial charge in [0.15, 0.2) is 0 Å². The Bertz CT molecular complexity index is 684. The highest BCUT2D eigenvalue weighted by Crippen LogP contribution is 2.38. The number of nitrogens with zero attached hydrogens (tertiary/aromatic N) is 1. The van der Waals surface area contributed by atoms with Gasteiger partial charge in [0.2, 0.25) is 5.91 Å². The van der Waals surface area contributed by atoms with Gasteiger partial charge in [-0.15, -0.1) is 0 Å². The minimum Gasteiger partial charge on any atom is -0.382 e. The Morgan fingerprint density at radius 2 is 2.07 bits per heavy atom. The van der Waals surface area contributed by atoms with Crippen LogP contribution in [0.25, 0.3) is 0 Å². The van der Waals surface area contributed by atoms with E-state index in [4.69, 9.17) is 4.74 Å². The summed E-state index contributed by atoms with van der Waals surface area (Å²) in [5.41, 5.74) is 3.07. The molecule has 0 saturated heterocycles. The Morgan fingerprint density at radius 3 is 2.85 bits per heavy atom. The van der Waals surface area contributed by atoms with Crippen molar-refractivity contribution in [1.29, 1.82) is 0 Å². The highest BCUT2D eigenvalue weighted by molar-refractivity contribution is 6.02. The van der Waals surface area contributed by atoms with Gasteiger partial charge < -0.3 is 15.0 Å². The molecule has 0 radical (unpaired) electrons. The van der Waals surface area contributed by atoms with Crippen LogP contribution in [0.3, 0.4) is 0 Å². The lowest BCUT2D eigenvalue weighted by Crippen LogP contribution is -2.36. The number of amides is 2. The van der Waals surface area contributed by atoms with Gasteiger partial charge in [0.05, 0.1) is 12.5 Å². The maximum absolute atomic E-state index is 13.1. The number of benzene rings is 1. The molecule has 1 unspecified atom stereocenters. The van der Waals surface area contributed by atoms with Crippen LogP contribution in [0, 0.1) is 0 Å². The molecule has 1 atom stereocenters. The van der Waals surface area contributed by atoms with Crippen LogP contribution in [0.15, 0.2) is 41.5 Å². The second kappa shape index (κ2) is 9.70. The molecule has 0 bridgehead atoms. The Kier molecular flexibility index (Phi) is 7.04. The van der Waals surface area contributed by atoms with Crippen molar-refractivity contribution >= 4 is 11.8 Å². The lowest BCUT2D eigenvalue weighted by molar-refractivity contribution is -0.129. The van der Waals surface area contributed by atoms with E-state index < -0.39 is 0 Å². The van der Waals surface area contributed by atoms with E-state index in [1.54, 1.807) is 0 Å². The van der Waals surface area contributed by atoms with Crippen LogP contribution in [0.4, 0.5) is 0 Å². The van der Waals surface area contributed by atoms with Crippen LogP contribution >= 0.6 is 0 Å². The van der Waals surface area contributed by atoms with E-state index in [-0.39, 0.29) is 24.3 Å². The van der Waals surface area contributed by atoms with Crippen LogP contribution < -0.4 is 5.32 Å². The smallest absolute Gasteiger partial charge is 0.251 e. The molecule has 0 aromatic heterocycles. The van der Waals surface area contributed by atoms with Crippen molar-refractivity contribution in [2.24, 2.45) is 0 Å². The van der Waals surface area contributed by atoms with E-state index >= 15 is 0 Å². The summed E-state index contributed by atoms with van der Waals surface area (Å²) in [6.45, 7) is 4.51. The first-order valence-corrected chi connectivity index (χ1v) is 10.1. The standard InChI is InChI=1S/C22H30N2O3/c1-2-27-14-8-13-23-21(25)15-19-18-11-6-7-12-20(18)24(22(19)26)16-17-9-4-3-5-10-17/h3-5,9-10,20H,2,6-8,11-16H2,1H3,(H,23,25).